The van der Waals surface area contributed by atoms with E-state index in [1.165, 1.54) is 0 Å². The number of rotatable bonds is 1. The van der Waals surface area contributed by atoms with Gasteiger partial charge in [0.15, 0.2) is 0 Å². The molecule has 33 heavy (non-hydrogen) atoms. The fourth-order valence-electron chi connectivity index (χ4n) is 3.83. The molecule has 0 unspecified atom stereocenters. The molecule has 11 heteroatoms. The molecule has 0 radical (unpaired) electrons. The largest absolute Gasteiger partial charge is 0.377 e. The average Bonchev–Trinajstić information content (AvgIpc) is 3.14. The molecule has 0 aromatic carbocycles. The average molecular weight is 470 g/mol. The van der Waals surface area contributed by atoms with E-state index in [1.807, 2.05) is 20.8 Å². The fraction of sp³-hybridized carbons (Fsp3) is 0.818. The summed E-state index contributed by atoms with van der Waals surface area (Å²) in [6, 6.07) is -1.67. The van der Waals surface area contributed by atoms with Crippen LogP contribution in [0.5, 0.6) is 0 Å². The predicted molar refractivity (Wildman–Crippen MR) is 121 cm³/mol. The van der Waals surface area contributed by atoms with E-state index in [9.17, 15) is 19.2 Å². The summed E-state index contributed by atoms with van der Waals surface area (Å²) in [5, 5.41) is 8.42. The van der Waals surface area contributed by atoms with Crippen LogP contribution in [-0.4, -0.2) is 92.7 Å². The van der Waals surface area contributed by atoms with Crippen LogP contribution in [0.1, 0.15) is 46.5 Å². The van der Waals surface area contributed by atoms with Crippen LogP contribution < -0.4 is 21.7 Å². The van der Waals surface area contributed by atoms with E-state index in [2.05, 4.69) is 16.0 Å². The van der Waals surface area contributed by atoms with Gasteiger partial charge in [0.25, 0.3) is 0 Å². The van der Waals surface area contributed by atoms with Gasteiger partial charge in [-0.2, -0.15) is 0 Å². The van der Waals surface area contributed by atoms with Gasteiger partial charge in [-0.1, -0.05) is 20.8 Å². The van der Waals surface area contributed by atoms with Crippen LogP contribution in [0.2, 0.25) is 0 Å². The van der Waals surface area contributed by atoms with Crippen LogP contribution in [0.3, 0.4) is 0 Å². The lowest BCUT2D eigenvalue weighted by Crippen LogP contribution is -2.47. The smallest absolute Gasteiger partial charge is 0.246 e. The third-order valence-corrected chi connectivity index (χ3v) is 5.45. The highest BCUT2D eigenvalue weighted by atomic mass is 16.5. The summed E-state index contributed by atoms with van der Waals surface area (Å²) in [4.78, 5) is 51.7. The van der Waals surface area contributed by atoms with Crippen molar-refractivity contribution in [1.29, 1.82) is 0 Å². The molecule has 0 aromatic rings. The van der Waals surface area contributed by atoms with Crippen molar-refractivity contribution in [2.24, 2.45) is 11.1 Å². The first-order valence-corrected chi connectivity index (χ1v) is 11.6. The van der Waals surface area contributed by atoms with Crippen LogP contribution in [0.25, 0.3) is 0 Å². The van der Waals surface area contributed by atoms with Gasteiger partial charge in [-0.05, 0) is 24.7 Å². The van der Waals surface area contributed by atoms with Gasteiger partial charge < -0.3 is 36.1 Å². The molecule has 0 saturated carbocycles. The van der Waals surface area contributed by atoms with Crippen molar-refractivity contribution in [3.63, 3.8) is 0 Å². The maximum atomic E-state index is 12.9. The molecule has 2 aliphatic rings. The van der Waals surface area contributed by atoms with Crippen molar-refractivity contribution in [1.82, 2.24) is 20.9 Å². The lowest BCUT2D eigenvalue weighted by Gasteiger charge is -2.27. The highest BCUT2D eigenvalue weighted by molar-refractivity contribution is 5.89. The van der Waals surface area contributed by atoms with E-state index in [-0.39, 0.29) is 61.5 Å². The first-order chi connectivity index (χ1) is 15.6. The number of nitrogens with one attached hydrogen (secondary N) is 3. The standard InChI is InChI=1S/C22H39N5O6/c1-22(2,3)12-19(29)27-13-15-11-17(27)21(31)24-6-4-5-16(23)20(30)25-7-8-32-9-10-33-14-18(28)26-15/h15-17H,4-14,23H2,1-3H3,(H,24,31)(H,25,30)(H,26,28)/t15-,16-,17-/m0/s1. The summed E-state index contributed by atoms with van der Waals surface area (Å²) in [6.45, 7) is 7.52. The Morgan fingerprint density at radius 1 is 1.06 bits per heavy atom. The minimum atomic E-state index is -0.674. The number of likely N-dealkylation sites (tertiary alicyclic amines) is 1. The topological polar surface area (TPSA) is 152 Å². The van der Waals surface area contributed by atoms with Crippen LogP contribution in [0, 0.1) is 5.41 Å². The highest BCUT2D eigenvalue weighted by Crippen LogP contribution is 2.25. The number of ether oxygens (including phenoxy) is 2. The summed E-state index contributed by atoms with van der Waals surface area (Å²) in [7, 11) is 0. The van der Waals surface area contributed by atoms with Gasteiger partial charge in [0, 0.05) is 32.1 Å². The quantitative estimate of drug-likeness (QED) is 0.380. The number of hydrogen-bond donors (Lipinski definition) is 4. The van der Waals surface area contributed by atoms with E-state index in [4.69, 9.17) is 15.2 Å². The highest BCUT2D eigenvalue weighted by Gasteiger charge is 2.40. The summed E-state index contributed by atoms with van der Waals surface area (Å²) in [5.74, 6) is -0.968. The second kappa shape index (κ2) is 12.9. The minimum Gasteiger partial charge on any atom is -0.377 e. The number of hydrogen-bond acceptors (Lipinski definition) is 7. The first-order valence-electron chi connectivity index (χ1n) is 11.6. The lowest BCUT2D eigenvalue weighted by molar-refractivity contribution is -0.139. The molecule has 0 aliphatic carbocycles. The molecule has 0 aromatic heterocycles. The van der Waals surface area contributed by atoms with Crippen LogP contribution in [0.15, 0.2) is 0 Å². The van der Waals surface area contributed by atoms with Crippen molar-refractivity contribution in [2.45, 2.75) is 64.6 Å². The number of carbonyl (C=O) groups is 4. The van der Waals surface area contributed by atoms with E-state index in [1.54, 1.807) is 4.90 Å². The normalized spacial score (nSPS) is 27.3. The Balaban J connectivity index is 2.04. The number of amides is 4. The molecule has 3 atom stereocenters. The number of fused-ring (bicyclic) bond motifs is 2. The van der Waals surface area contributed by atoms with Crippen molar-refractivity contribution in [3.05, 3.63) is 0 Å². The van der Waals surface area contributed by atoms with Crippen LogP contribution >= 0.6 is 0 Å². The van der Waals surface area contributed by atoms with E-state index >= 15 is 0 Å². The second-order valence-corrected chi connectivity index (χ2v) is 9.80. The van der Waals surface area contributed by atoms with Crippen molar-refractivity contribution < 1.29 is 28.7 Å². The monoisotopic (exact) mass is 469 g/mol. The Hall–Kier alpha value is -2.24. The van der Waals surface area contributed by atoms with Gasteiger partial charge in [0.1, 0.15) is 12.6 Å². The summed E-state index contributed by atoms with van der Waals surface area (Å²) < 4.78 is 10.7. The molecule has 188 valence electrons. The van der Waals surface area contributed by atoms with Crippen LogP contribution in [-0.2, 0) is 28.7 Å². The molecule has 0 spiro atoms. The molecule has 2 fully saturated rings. The number of nitrogens with zero attached hydrogens (tertiary/aromatic N) is 1. The van der Waals surface area contributed by atoms with E-state index in [0.29, 0.717) is 45.4 Å². The molecule has 2 heterocycles. The van der Waals surface area contributed by atoms with Gasteiger partial charge in [0.2, 0.25) is 23.6 Å². The molecule has 2 saturated heterocycles. The first kappa shape index (κ1) is 27.0. The molecule has 11 nitrogen and oxygen atoms in total. The molecular formula is C22H39N5O6. The lowest BCUT2D eigenvalue weighted by atomic mass is 9.91. The van der Waals surface area contributed by atoms with Crippen molar-refractivity contribution >= 4 is 23.6 Å². The minimum absolute atomic E-state index is 0.120. The Labute approximate surface area is 195 Å². The van der Waals surface area contributed by atoms with E-state index < -0.39 is 12.1 Å². The van der Waals surface area contributed by atoms with Gasteiger partial charge >= 0.3 is 0 Å². The molecule has 2 aliphatic heterocycles. The van der Waals surface area contributed by atoms with Crippen molar-refractivity contribution in [2.75, 3.05) is 46.1 Å². The number of carbonyl (C=O) groups excluding carboxylic acids is 4. The second-order valence-electron chi connectivity index (χ2n) is 9.80. The Bertz CT molecular complexity index is 695. The molecule has 5 N–H and O–H groups in total. The Kier molecular flexibility index (Phi) is 10.5. The molecular weight excluding hydrogens is 430 g/mol. The zero-order valence-corrected chi connectivity index (χ0v) is 20.0. The van der Waals surface area contributed by atoms with Gasteiger partial charge in [-0.25, -0.2) is 0 Å². The third-order valence-electron chi connectivity index (χ3n) is 5.45. The SMILES string of the molecule is CC(C)(C)CC(=O)N1C[C@@H]2C[C@H]1C(=O)NCCC[C@H](N)C(=O)NCCOCCOCC(=O)N2. The van der Waals surface area contributed by atoms with Crippen molar-refractivity contribution in [3.8, 4) is 0 Å². The van der Waals surface area contributed by atoms with Crippen LogP contribution in [0.4, 0.5) is 0 Å². The maximum absolute atomic E-state index is 12.9. The predicted octanol–water partition coefficient (Wildman–Crippen LogP) is -1.10. The molecule has 2 rings (SSSR count). The molecule has 4 amide bonds. The van der Waals surface area contributed by atoms with E-state index in [0.717, 1.165) is 0 Å². The summed E-state index contributed by atoms with van der Waals surface area (Å²) in [6.07, 6.45) is 1.57. The Morgan fingerprint density at radius 3 is 2.48 bits per heavy atom. The van der Waals surface area contributed by atoms with Gasteiger partial charge in [0.05, 0.1) is 25.9 Å². The Morgan fingerprint density at radius 2 is 1.76 bits per heavy atom. The van der Waals surface area contributed by atoms with Gasteiger partial charge in [-0.15, -0.1) is 0 Å². The fourth-order valence-corrected chi connectivity index (χ4v) is 3.83. The molecule has 2 bridgehead atoms. The maximum Gasteiger partial charge on any atom is 0.246 e. The number of nitrogens with two attached hydrogens (primary N) is 1. The zero-order valence-electron chi connectivity index (χ0n) is 20.0. The van der Waals surface area contributed by atoms with Gasteiger partial charge in [-0.3, -0.25) is 19.2 Å². The summed E-state index contributed by atoms with van der Waals surface area (Å²) in [5.41, 5.74) is 5.69. The zero-order chi connectivity index (χ0) is 24.4. The summed E-state index contributed by atoms with van der Waals surface area (Å²) >= 11 is 0. The third kappa shape index (κ3) is 9.65.